The normalized spacial score (nSPS) is 10.3. The van der Waals surface area contributed by atoms with Crippen LogP contribution in [-0.4, -0.2) is 23.3 Å². The van der Waals surface area contributed by atoms with Crippen LogP contribution in [0.5, 0.6) is 0 Å². The van der Waals surface area contributed by atoms with E-state index in [4.69, 9.17) is 11.6 Å². The lowest BCUT2D eigenvalue weighted by atomic mass is 10.2. The predicted octanol–water partition coefficient (Wildman–Crippen LogP) is 4.03. The number of anilines is 1. The van der Waals surface area contributed by atoms with Crippen LogP contribution in [0.1, 0.15) is 24.5 Å². The summed E-state index contributed by atoms with van der Waals surface area (Å²) in [6, 6.07) is 15.1. The van der Waals surface area contributed by atoms with Gasteiger partial charge in [0.2, 0.25) is 11.8 Å². The summed E-state index contributed by atoms with van der Waals surface area (Å²) in [5.41, 5.74) is 2.69. The molecule has 0 aliphatic carbocycles. The fourth-order valence-corrected chi connectivity index (χ4v) is 2.59. The molecule has 1 N–H and O–H groups in total. The molecule has 0 aliphatic rings. The maximum absolute atomic E-state index is 12.1. The highest BCUT2D eigenvalue weighted by Gasteiger charge is 2.12. The number of hydrogen-bond acceptors (Lipinski definition) is 2. The van der Waals surface area contributed by atoms with Crippen LogP contribution in [-0.2, 0) is 16.1 Å². The van der Waals surface area contributed by atoms with Crippen LogP contribution in [0.15, 0.2) is 48.5 Å². The molecular weight excluding hydrogens is 324 g/mol. The van der Waals surface area contributed by atoms with E-state index in [-0.39, 0.29) is 18.2 Å². The lowest BCUT2D eigenvalue weighted by Gasteiger charge is -2.21. The van der Waals surface area contributed by atoms with Gasteiger partial charge in [0.15, 0.2) is 0 Å². The van der Waals surface area contributed by atoms with Crippen molar-refractivity contribution in [2.45, 2.75) is 26.8 Å². The molecule has 5 heteroatoms. The summed E-state index contributed by atoms with van der Waals surface area (Å²) >= 11 is 5.91. The van der Waals surface area contributed by atoms with Crippen LogP contribution in [0.25, 0.3) is 0 Å². The van der Waals surface area contributed by atoms with Gasteiger partial charge in [-0.1, -0.05) is 41.9 Å². The minimum absolute atomic E-state index is 0.0469. The SMILES string of the molecule is CC(=O)N(CCC(=O)Nc1ccc(Cl)cc1C)Cc1ccccc1. The number of amides is 2. The van der Waals surface area contributed by atoms with Crippen molar-refractivity contribution in [2.75, 3.05) is 11.9 Å². The van der Waals surface area contributed by atoms with Crippen LogP contribution in [0.2, 0.25) is 5.02 Å². The molecule has 2 aromatic carbocycles. The van der Waals surface area contributed by atoms with Gasteiger partial charge in [0.1, 0.15) is 0 Å². The smallest absolute Gasteiger partial charge is 0.226 e. The third kappa shape index (κ3) is 5.39. The summed E-state index contributed by atoms with van der Waals surface area (Å²) in [5, 5.41) is 3.50. The van der Waals surface area contributed by atoms with E-state index in [1.807, 2.05) is 37.3 Å². The number of nitrogens with one attached hydrogen (secondary N) is 1. The zero-order valence-corrected chi connectivity index (χ0v) is 14.6. The molecule has 2 amide bonds. The maximum Gasteiger partial charge on any atom is 0.226 e. The zero-order chi connectivity index (χ0) is 17.5. The fourth-order valence-electron chi connectivity index (χ4n) is 2.37. The Bertz CT molecular complexity index is 717. The minimum atomic E-state index is -0.125. The Morgan fingerprint density at radius 2 is 1.83 bits per heavy atom. The van der Waals surface area contributed by atoms with E-state index in [9.17, 15) is 9.59 Å². The van der Waals surface area contributed by atoms with Crippen molar-refractivity contribution in [3.05, 3.63) is 64.7 Å². The number of carbonyl (C=O) groups excluding carboxylic acids is 2. The monoisotopic (exact) mass is 344 g/mol. The van der Waals surface area contributed by atoms with Crippen molar-refractivity contribution in [2.24, 2.45) is 0 Å². The Hall–Kier alpha value is -2.33. The lowest BCUT2D eigenvalue weighted by molar-refractivity contribution is -0.129. The quantitative estimate of drug-likeness (QED) is 0.860. The number of aryl methyl sites for hydroxylation is 1. The first-order valence-electron chi connectivity index (χ1n) is 7.81. The molecular formula is C19H21ClN2O2. The summed E-state index contributed by atoms with van der Waals surface area (Å²) in [6.45, 7) is 4.29. The van der Waals surface area contributed by atoms with Crippen LogP contribution >= 0.6 is 11.6 Å². The van der Waals surface area contributed by atoms with Gasteiger partial charge < -0.3 is 10.2 Å². The molecule has 0 bridgehead atoms. The lowest BCUT2D eigenvalue weighted by Crippen LogP contribution is -2.31. The van der Waals surface area contributed by atoms with E-state index in [0.717, 1.165) is 16.8 Å². The molecule has 0 fully saturated rings. The minimum Gasteiger partial charge on any atom is -0.338 e. The van der Waals surface area contributed by atoms with E-state index in [2.05, 4.69) is 5.32 Å². The molecule has 2 rings (SSSR count). The number of carbonyl (C=O) groups is 2. The topological polar surface area (TPSA) is 49.4 Å². The highest BCUT2D eigenvalue weighted by atomic mass is 35.5. The van der Waals surface area contributed by atoms with Crippen molar-refractivity contribution >= 4 is 29.1 Å². The first kappa shape index (κ1) is 18.0. The molecule has 0 saturated heterocycles. The van der Waals surface area contributed by atoms with Crippen LogP contribution in [0, 0.1) is 6.92 Å². The first-order chi connectivity index (χ1) is 11.5. The van der Waals surface area contributed by atoms with Gasteiger partial charge in [0.05, 0.1) is 0 Å². The average molecular weight is 345 g/mol. The predicted molar refractivity (Wildman–Crippen MR) is 97.0 cm³/mol. The Kier molecular flexibility index (Phi) is 6.38. The molecule has 24 heavy (non-hydrogen) atoms. The summed E-state index contributed by atoms with van der Waals surface area (Å²) in [5.74, 6) is -0.172. The first-order valence-corrected chi connectivity index (χ1v) is 8.19. The second kappa shape index (κ2) is 8.50. The van der Waals surface area contributed by atoms with Gasteiger partial charge in [-0.3, -0.25) is 9.59 Å². The van der Waals surface area contributed by atoms with Gasteiger partial charge in [0, 0.05) is 37.1 Å². The number of halogens is 1. The van der Waals surface area contributed by atoms with E-state index in [0.29, 0.717) is 18.1 Å². The second-order valence-electron chi connectivity index (χ2n) is 5.68. The summed E-state index contributed by atoms with van der Waals surface area (Å²) in [7, 11) is 0. The highest BCUT2D eigenvalue weighted by Crippen LogP contribution is 2.19. The van der Waals surface area contributed by atoms with Crippen molar-refractivity contribution < 1.29 is 9.59 Å². The number of nitrogens with zero attached hydrogens (tertiary/aromatic N) is 1. The number of hydrogen-bond donors (Lipinski definition) is 1. The Morgan fingerprint density at radius 1 is 1.12 bits per heavy atom. The maximum atomic E-state index is 12.1. The molecule has 0 radical (unpaired) electrons. The van der Waals surface area contributed by atoms with Gasteiger partial charge in [-0.2, -0.15) is 0 Å². The molecule has 0 aliphatic heterocycles. The molecule has 0 heterocycles. The molecule has 0 saturated carbocycles. The summed E-state index contributed by atoms with van der Waals surface area (Å²) in [4.78, 5) is 25.6. The molecule has 2 aromatic rings. The molecule has 0 atom stereocenters. The number of benzene rings is 2. The van der Waals surface area contributed by atoms with Crippen molar-refractivity contribution in [1.82, 2.24) is 4.90 Å². The summed E-state index contributed by atoms with van der Waals surface area (Å²) in [6.07, 6.45) is 0.245. The average Bonchev–Trinajstić information content (AvgIpc) is 2.55. The van der Waals surface area contributed by atoms with Crippen LogP contribution in [0.4, 0.5) is 5.69 Å². The van der Waals surface area contributed by atoms with E-state index in [1.165, 1.54) is 6.92 Å². The number of rotatable bonds is 6. The van der Waals surface area contributed by atoms with Gasteiger partial charge in [0.25, 0.3) is 0 Å². The zero-order valence-electron chi connectivity index (χ0n) is 13.9. The Balaban J connectivity index is 1.91. The van der Waals surface area contributed by atoms with Gasteiger partial charge in [-0.25, -0.2) is 0 Å². The highest BCUT2D eigenvalue weighted by molar-refractivity contribution is 6.30. The third-order valence-electron chi connectivity index (χ3n) is 3.73. The Labute approximate surface area is 147 Å². The van der Waals surface area contributed by atoms with E-state index < -0.39 is 0 Å². The van der Waals surface area contributed by atoms with Crippen molar-refractivity contribution in [1.29, 1.82) is 0 Å². The standard InChI is InChI=1S/C19H21ClN2O2/c1-14-12-17(20)8-9-18(14)21-19(24)10-11-22(15(2)23)13-16-6-4-3-5-7-16/h3-9,12H,10-11,13H2,1-2H3,(H,21,24). The van der Waals surface area contributed by atoms with Gasteiger partial charge in [-0.15, -0.1) is 0 Å². The van der Waals surface area contributed by atoms with E-state index >= 15 is 0 Å². The molecule has 0 spiro atoms. The third-order valence-corrected chi connectivity index (χ3v) is 3.97. The van der Waals surface area contributed by atoms with Gasteiger partial charge >= 0.3 is 0 Å². The van der Waals surface area contributed by atoms with Crippen LogP contribution < -0.4 is 5.32 Å². The molecule has 0 aromatic heterocycles. The van der Waals surface area contributed by atoms with Crippen LogP contribution in [0.3, 0.4) is 0 Å². The molecule has 4 nitrogen and oxygen atoms in total. The van der Waals surface area contributed by atoms with Crippen molar-refractivity contribution in [3.8, 4) is 0 Å². The van der Waals surface area contributed by atoms with E-state index in [1.54, 1.807) is 23.1 Å². The molecule has 0 unspecified atom stereocenters. The fraction of sp³-hybridized carbons (Fsp3) is 0.263. The van der Waals surface area contributed by atoms with Crippen molar-refractivity contribution in [3.63, 3.8) is 0 Å². The summed E-state index contributed by atoms with van der Waals surface area (Å²) < 4.78 is 0. The Morgan fingerprint density at radius 3 is 2.46 bits per heavy atom. The largest absolute Gasteiger partial charge is 0.338 e. The van der Waals surface area contributed by atoms with Gasteiger partial charge in [-0.05, 0) is 36.2 Å². The second-order valence-corrected chi connectivity index (χ2v) is 6.12. The molecule has 126 valence electrons.